The van der Waals surface area contributed by atoms with Crippen LogP contribution < -0.4 is 14.9 Å². The van der Waals surface area contributed by atoms with E-state index in [1.54, 1.807) is 6.07 Å². The lowest BCUT2D eigenvalue weighted by atomic mass is 10.2. The van der Waals surface area contributed by atoms with Gasteiger partial charge in [0.15, 0.2) is 11.5 Å². The highest BCUT2D eigenvalue weighted by Gasteiger charge is 2.73. The highest BCUT2D eigenvalue weighted by molar-refractivity contribution is 9.10. The second-order valence-electron chi connectivity index (χ2n) is 5.97. The molecule has 2 rings (SSSR count). The van der Waals surface area contributed by atoms with Crippen LogP contribution in [-0.2, 0) is 6.61 Å². The van der Waals surface area contributed by atoms with Gasteiger partial charge in [-0.05, 0) is 51.3 Å². The number of ether oxygens (including phenoxy) is 2. The van der Waals surface area contributed by atoms with Crippen molar-refractivity contribution in [3.63, 3.8) is 0 Å². The summed E-state index contributed by atoms with van der Waals surface area (Å²) in [7, 11) is 1.24. The molecule has 0 spiro atoms. The molecule has 0 unspecified atom stereocenters. The summed E-state index contributed by atoms with van der Waals surface area (Å²) in [6.07, 6.45) is -5.89. The van der Waals surface area contributed by atoms with E-state index in [4.69, 9.17) is 9.47 Å². The normalized spacial score (nSPS) is 12.8. The van der Waals surface area contributed by atoms with Crippen molar-refractivity contribution in [3.05, 3.63) is 57.8 Å². The van der Waals surface area contributed by atoms with E-state index >= 15 is 0 Å². The Labute approximate surface area is 179 Å². The zero-order valence-electron chi connectivity index (χ0n) is 15.4. The minimum Gasteiger partial charge on any atom is -0.493 e. The van der Waals surface area contributed by atoms with Gasteiger partial charge in [0.1, 0.15) is 12.4 Å². The number of hydrogen-bond acceptors (Lipinski definition) is 4. The Balaban J connectivity index is 2.17. The van der Waals surface area contributed by atoms with E-state index in [1.807, 2.05) is 0 Å². The van der Waals surface area contributed by atoms with Gasteiger partial charge in [-0.2, -0.15) is 35.8 Å². The van der Waals surface area contributed by atoms with Crippen molar-refractivity contribution in [2.45, 2.75) is 24.8 Å². The minimum absolute atomic E-state index is 0.000422. The van der Waals surface area contributed by atoms with E-state index < -0.39 is 24.0 Å². The molecule has 0 heterocycles. The van der Waals surface area contributed by atoms with Crippen LogP contribution in [-0.4, -0.2) is 31.5 Å². The van der Waals surface area contributed by atoms with Gasteiger partial charge in [-0.1, -0.05) is 12.1 Å². The first-order valence-corrected chi connectivity index (χ1v) is 8.95. The topological polar surface area (TPSA) is 42.8 Å². The molecule has 0 aliphatic heterocycles. The Bertz CT molecular complexity index is 951. The fourth-order valence-corrected chi connectivity index (χ4v) is 2.75. The van der Waals surface area contributed by atoms with E-state index in [0.717, 1.165) is 0 Å². The summed E-state index contributed by atoms with van der Waals surface area (Å²) in [6, 6.07) is 2.35. The van der Waals surface area contributed by atoms with Crippen molar-refractivity contribution in [1.29, 1.82) is 0 Å². The standard InChI is InChI=1S/C18H13BrF8N2O2/c1-30-14-7-11(8-28-29-18(26,27)16(21,22)17(23,24)25)6-13(19)15(14)31-9-10-3-2-4-12(20)5-10/h2-8,29H,9H2,1H3/b28-8+. The molecule has 0 radical (unpaired) electrons. The molecule has 0 saturated carbocycles. The zero-order chi connectivity index (χ0) is 23.4. The molecule has 170 valence electrons. The van der Waals surface area contributed by atoms with Crippen molar-refractivity contribution in [2.24, 2.45) is 5.10 Å². The molecule has 0 aromatic heterocycles. The molecule has 4 nitrogen and oxygen atoms in total. The minimum atomic E-state index is -6.48. The Hall–Kier alpha value is -2.57. The van der Waals surface area contributed by atoms with Crippen molar-refractivity contribution in [1.82, 2.24) is 5.43 Å². The number of hydrogen-bond donors (Lipinski definition) is 1. The van der Waals surface area contributed by atoms with Gasteiger partial charge in [0.25, 0.3) is 0 Å². The molecule has 0 atom stereocenters. The largest absolute Gasteiger partial charge is 0.493 e. The van der Waals surface area contributed by atoms with E-state index in [-0.39, 0.29) is 28.1 Å². The van der Waals surface area contributed by atoms with Crippen LogP contribution in [0.2, 0.25) is 0 Å². The highest BCUT2D eigenvalue weighted by atomic mass is 79.9. The molecule has 1 N–H and O–H groups in total. The highest BCUT2D eigenvalue weighted by Crippen LogP contribution is 2.45. The molecule has 13 heteroatoms. The molecule has 0 aliphatic rings. The Morgan fingerprint density at radius 2 is 1.74 bits per heavy atom. The molecule has 0 fully saturated rings. The van der Waals surface area contributed by atoms with Crippen molar-refractivity contribution >= 4 is 22.1 Å². The number of nitrogens with one attached hydrogen (secondary N) is 1. The summed E-state index contributed by atoms with van der Waals surface area (Å²) < 4.78 is 113. The van der Waals surface area contributed by atoms with E-state index in [9.17, 15) is 35.1 Å². The summed E-state index contributed by atoms with van der Waals surface area (Å²) in [5.74, 6) is -6.62. The summed E-state index contributed by atoms with van der Waals surface area (Å²) in [6.45, 7) is -0.0551. The molecule has 0 aliphatic carbocycles. The van der Waals surface area contributed by atoms with E-state index in [0.29, 0.717) is 17.2 Å². The maximum atomic E-state index is 13.2. The van der Waals surface area contributed by atoms with Crippen LogP contribution in [0.3, 0.4) is 0 Å². The van der Waals surface area contributed by atoms with Gasteiger partial charge in [-0.15, -0.1) is 0 Å². The summed E-state index contributed by atoms with van der Waals surface area (Å²) in [4.78, 5) is 0. The number of alkyl halides is 7. The second kappa shape index (κ2) is 9.28. The number of nitrogens with zero attached hydrogens (tertiary/aromatic N) is 1. The van der Waals surface area contributed by atoms with Crippen LogP contribution >= 0.6 is 15.9 Å². The van der Waals surface area contributed by atoms with Crippen LogP contribution in [0.5, 0.6) is 11.5 Å². The second-order valence-corrected chi connectivity index (χ2v) is 6.82. The fourth-order valence-electron chi connectivity index (χ4n) is 2.17. The molecular formula is C18H13BrF8N2O2. The van der Waals surface area contributed by atoms with Crippen LogP contribution in [0.4, 0.5) is 35.1 Å². The Kier molecular flexibility index (Phi) is 7.40. The predicted molar refractivity (Wildman–Crippen MR) is 98.1 cm³/mol. The molecule has 0 amide bonds. The first kappa shape index (κ1) is 24.7. The molecule has 2 aromatic rings. The number of rotatable bonds is 8. The predicted octanol–water partition coefficient (Wildman–Crippen LogP) is 5.89. The van der Waals surface area contributed by atoms with Crippen LogP contribution in [0, 0.1) is 5.82 Å². The van der Waals surface area contributed by atoms with Crippen molar-refractivity contribution < 1.29 is 44.6 Å². The number of halogens is 9. The molecule has 0 saturated heterocycles. The van der Waals surface area contributed by atoms with Crippen LogP contribution in [0.25, 0.3) is 0 Å². The average Bonchev–Trinajstić information content (AvgIpc) is 2.65. The van der Waals surface area contributed by atoms with Crippen molar-refractivity contribution in [2.75, 3.05) is 7.11 Å². The summed E-state index contributed by atoms with van der Waals surface area (Å²) in [5, 5.41) is 2.78. The number of hydrazone groups is 1. The Morgan fingerprint density at radius 1 is 1.06 bits per heavy atom. The van der Waals surface area contributed by atoms with E-state index in [2.05, 4.69) is 21.0 Å². The van der Waals surface area contributed by atoms with Crippen molar-refractivity contribution in [3.8, 4) is 11.5 Å². The van der Waals surface area contributed by atoms with E-state index in [1.165, 1.54) is 37.4 Å². The van der Waals surface area contributed by atoms with Gasteiger partial charge < -0.3 is 9.47 Å². The maximum Gasteiger partial charge on any atom is 0.462 e. The SMILES string of the molecule is COc1cc(/C=N/NC(F)(F)C(F)(F)C(F)(F)F)cc(Br)c1OCc1cccc(F)c1. The quantitative estimate of drug-likeness (QED) is 0.204. The monoisotopic (exact) mass is 520 g/mol. The summed E-state index contributed by atoms with van der Waals surface area (Å²) in [5.41, 5.74) is 1.02. The number of methoxy groups -OCH3 is 1. The molecule has 2 aromatic carbocycles. The van der Waals surface area contributed by atoms with Gasteiger partial charge in [-0.3, -0.25) is 0 Å². The first-order valence-electron chi connectivity index (χ1n) is 8.16. The van der Waals surface area contributed by atoms with Gasteiger partial charge in [0.05, 0.1) is 17.8 Å². The lowest BCUT2D eigenvalue weighted by Gasteiger charge is -2.27. The lowest BCUT2D eigenvalue weighted by molar-refractivity contribution is -0.361. The number of benzene rings is 2. The zero-order valence-corrected chi connectivity index (χ0v) is 17.0. The van der Waals surface area contributed by atoms with Gasteiger partial charge in [0.2, 0.25) is 0 Å². The van der Waals surface area contributed by atoms with Gasteiger partial charge in [-0.25, -0.2) is 9.82 Å². The molecule has 0 bridgehead atoms. The van der Waals surface area contributed by atoms with Crippen LogP contribution in [0.15, 0.2) is 46.0 Å². The molecule has 31 heavy (non-hydrogen) atoms. The summed E-state index contributed by atoms with van der Waals surface area (Å²) >= 11 is 3.14. The third-order valence-electron chi connectivity index (χ3n) is 3.69. The fraction of sp³-hybridized carbons (Fsp3) is 0.278. The van der Waals surface area contributed by atoms with Gasteiger partial charge in [0, 0.05) is 0 Å². The third-order valence-corrected chi connectivity index (χ3v) is 4.28. The first-order chi connectivity index (χ1) is 14.3. The molecular weight excluding hydrogens is 508 g/mol. The smallest absolute Gasteiger partial charge is 0.462 e. The average molecular weight is 521 g/mol. The van der Waals surface area contributed by atoms with Crippen LogP contribution in [0.1, 0.15) is 11.1 Å². The maximum absolute atomic E-state index is 13.2. The Morgan fingerprint density at radius 3 is 2.32 bits per heavy atom. The van der Waals surface area contributed by atoms with Gasteiger partial charge >= 0.3 is 18.1 Å². The third kappa shape index (κ3) is 5.77. The lowest BCUT2D eigenvalue weighted by Crippen LogP contribution is -2.58.